The van der Waals surface area contributed by atoms with Crippen molar-refractivity contribution in [3.05, 3.63) is 27.8 Å². The van der Waals surface area contributed by atoms with Crippen LogP contribution < -0.4 is 5.32 Å². The molecule has 7 nitrogen and oxygen atoms in total. The monoisotopic (exact) mass is 391 g/mol. The van der Waals surface area contributed by atoms with Crippen LogP contribution in [0.3, 0.4) is 0 Å². The van der Waals surface area contributed by atoms with E-state index in [4.69, 9.17) is 4.52 Å². The van der Waals surface area contributed by atoms with Gasteiger partial charge in [-0.3, -0.25) is 9.69 Å². The summed E-state index contributed by atoms with van der Waals surface area (Å²) < 4.78 is 5.53. The molecule has 1 N–H and O–H groups in total. The molecule has 1 fully saturated rings. The van der Waals surface area contributed by atoms with Gasteiger partial charge in [-0.05, 0) is 32.7 Å². The number of carbonyl (C=O) groups is 1. The van der Waals surface area contributed by atoms with Crippen LogP contribution in [0.25, 0.3) is 0 Å². The summed E-state index contributed by atoms with van der Waals surface area (Å²) in [6.45, 7) is 9.39. The Balaban J connectivity index is 1.66. The van der Waals surface area contributed by atoms with Crippen molar-refractivity contribution in [3.8, 4) is 0 Å². The highest BCUT2D eigenvalue weighted by molar-refractivity contribution is 7.09. The lowest BCUT2D eigenvalue weighted by Crippen LogP contribution is -2.31. The highest BCUT2D eigenvalue weighted by atomic mass is 32.1. The van der Waals surface area contributed by atoms with E-state index in [1.54, 1.807) is 11.3 Å². The molecule has 8 heteroatoms. The van der Waals surface area contributed by atoms with E-state index in [1.807, 2.05) is 12.4 Å². The van der Waals surface area contributed by atoms with E-state index in [-0.39, 0.29) is 17.7 Å². The first-order valence-corrected chi connectivity index (χ1v) is 10.6. The van der Waals surface area contributed by atoms with Crippen LogP contribution >= 0.6 is 11.3 Å². The first-order chi connectivity index (χ1) is 13.0. The minimum atomic E-state index is 0.107. The Labute approximate surface area is 164 Å². The first-order valence-electron chi connectivity index (χ1n) is 9.74. The maximum Gasteiger partial charge on any atom is 0.229 e. The highest BCUT2D eigenvalue weighted by Gasteiger charge is 2.22. The predicted octanol–water partition coefficient (Wildman–Crippen LogP) is 3.23. The van der Waals surface area contributed by atoms with Gasteiger partial charge in [0.05, 0.1) is 11.2 Å². The number of nitrogens with zero attached hydrogens (tertiary/aromatic N) is 4. The third-order valence-electron chi connectivity index (χ3n) is 5.03. The molecule has 3 rings (SSSR count). The molecular formula is C19H29N5O2S. The van der Waals surface area contributed by atoms with Gasteiger partial charge >= 0.3 is 0 Å². The van der Waals surface area contributed by atoms with Gasteiger partial charge in [0.15, 0.2) is 5.82 Å². The van der Waals surface area contributed by atoms with E-state index in [0.717, 1.165) is 50.4 Å². The van der Waals surface area contributed by atoms with Gasteiger partial charge in [-0.25, -0.2) is 4.98 Å². The van der Waals surface area contributed by atoms with Crippen molar-refractivity contribution in [2.24, 2.45) is 0 Å². The van der Waals surface area contributed by atoms with E-state index in [2.05, 4.69) is 39.2 Å². The quantitative estimate of drug-likeness (QED) is 0.861. The summed E-state index contributed by atoms with van der Waals surface area (Å²) in [5.74, 6) is 2.01. The number of rotatable bonds is 4. The van der Waals surface area contributed by atoms with Crippen LogP contribution in [0.5, 0.6) is 0 Å². The molecule has 148 valence electrons. The Kier molecular flexibility index (Phi) is 6.95. The molecule has 27 heavy (non-hydrogen) atoms. The zero-order chi connectivity index (χ0) is 19.2. The second-order valence-electron chi connectivity index (χ2n) is 7.51. The number of aryl methyl sites for hydroxylation is 1. The molecule has 3 heterocycles. The zero-order valence-corrected chi connectivity index (χ0v) is 17.2. The molecule has 1 atom stereocenters. The van der Waals surface area contributed by atoms with Crippen LogP contribution in [0.4, 0.5) is 0 Å². The number of nitrogens with one attached hydrogen (secondary N) is 1. The summed E-state index contributed by atoms with van der Waals surface area (Å²) in [6.07, 6.45) is 3.38. The number of amides is 1. The molecule has 1 amide bonds. The van der Waals surface area contributed by atoms with Crippen LogP contribution in [0.2, 0.25) is 0 Å². The molecule has 1 aliphatic rings. The SMILES string of the molecule is Cc1ncsc1CN1CCCC(c2nc(C(C)C)no2)CCNC(=O)CC1. The molecular weight excluding hydrogens is 362 g/mol. The van der Waals surface area contributed by atoms with Crippen molar-refractivity contribution in [2.45, 2.75) is 64.8 Å². The average Bonchev–Trinajstić information content (AvgIpc) is 3.26. The van der Waals surface area contributed by atoms with Crippen LogP contribution in [0, 0.1) is 6.92 Å². The first kappa shape index (κ1) is 19.9. The summed E-state index contributed by atoms with van der Waals surface area (Å²) in [5, 5.41) is 7.14. The van der Waals surface area contributed by atoms with Gasteiger partial charge in [0.1, 0.15) is 0 Å². The molecule has 0 aliphatic carbocycles. The molecule has 0 aromatic carbocycles. The van der Waals surface area contributed by atoms with Gasteiger partial charge < -0.3 is 9.84 Å². The third kappa shape index (κ3) is 5.59. The zero-order valence-electron chi connectivity index (χ0n) is 16.4. The summed E-state index contributed by atoms with van der Waals surface area (Å²) in [4.78, 5) is 24.7. The predicted molar refractivity (Wildman–Crippen MR) is 105 cm³/mol. The van der Waals surface area contributed by atoms with Gasteiger partial charge in [0.2, 0.25) is 11.8 Å². The van der Waals surface area contributed by atoms with E-state index < -0.39 is 0 Å². The number of hydrogen-bond acceptors (Lipinski definition) is 7. The maximum absolute atomic E-state index is 12.2. The lowest BCUT2D eigenvalue weighted by molar-refractivity contribution is -0.121. The lowest BCUT2D eigenvalue weighted by Gasteiger charge is -2.21. The number of hydrogen-bond donors (Lipinski definition) is 1. The molecule has 1 saturated heterocycles. The largest absolute Gasteiger partial charge is 0.356 e. The van der Waals surface area contributed by atoms with E-state index in [0.29, 0.717) is 18.9 Å². The van der Waals surface area contributed by atoms with Crippen LogP contribution in [-0.2, 0) is 11.3 Å². The van der Waals surface area contributed by atoms with Crippen molar-refractivity contribution in [1.29, 1.82) is 0 Å². The summed E-state index contributed by atoms with van der Waals surface area (Å²) in [6, 6.07) is 0. The minimum Gasteiger partial charge on any atom is -0.356 e. The van der Waals surface area contributed by atoms with Crippen LogP contribution in [0.1, 0.15) is 73.7 Å². The summed E-state index contributed by atoms with van der Waals surface area (Å²) in [7, 11) is 0. The fourth-order valence-electron chi connectivity index (χ4n) is 3.29. The van der Waals surface area contributed by atoms with Crippen molar-refractivity contribution in [1.82, 2.24) is 25.3 Å². The molecule has 1 unspecified atom stereocenters. The third-order valence-corrected chi connectivity index (χ3v) is 5.95. The van der Waals surface area contributed by atoms with Crippen molar-refractivity contribution in [3.63, 3.8) is 0 Å². The number of aromatic nitrogens is 3. The van der Waals surface area contributed by atoms with Gasteiger partial charge in [-0.1, -0.05) is 19.0 Å². The average molecular weight is 392 g/mol. The Morgan fingerprint density at radius 3 is 2.93 bits per heavy atom. The van der Waals surface area contributed by atoms with E-state index in [9.17, 15) is 4.79 Å². The van der Waals surface area contributed by atoms with Crippen LogP contribution in [0.15, 0.2) is 10.0 Å². The Hall–Kier alpha value is -1.80. The van der Waals surface area contributed by atoms with Crippen LogP contribution in [-0.4, -0.2) is 45.6 Å². The maximum atomic E-state index is 12.2. The second kappa shape index (κ2) is 9.41. The smallest absolute Gasteiger partial charge is 0.229 e. The van der Waals surface area contributed by atoms with E-state index in [1.165, 1.54) is 4.88 Å². The lowest BCUT2D eigenvalue weighted by atomic mass is 9.99. The topological polar surface area (TPSA) is 84.2 Å². The van der Waals surface area contributed by atoms with Gasteiger partial charge in [-0.15, -0.1) is 11.3 Å². The van der Waals surface area contributed by atoms with Gasteiger partial charge in [-0.2, -0.15) is 4.98 Å². The van der Waals surface area contributed by atoms with Gasteiger partial charge in [0.25, 0.3) is 0 Å². The van der Waals surface area contributed by atoms with Gasteiger partial charge in [0, 0.05) is 42.8 Å². The summed E-state index contributed by atoms with van der Waals surface area (Å²) in [5.41, 5.74) is 2.98. The molecule has 0 radical (unpaired) electrons. The fraction of sp³-hybridized carbons (Fsp3) is 0.684. The Bertz CT molecular complexity index is 742. The molecule has 0 saturated carbocycles. The number of thiazole rings is 1. The molecule has 0 spiro atoms. The molecule has 0 bridgehead atoms. The summed E-state index contributed by atoms with van der Waals surface area (Å²) >= 11 is 1.69. The highest BCUT2D eigenvalue weighted by Crippen LogP contribution is 2.26. The standard InChI is InChI=1S/C19H29N5O2S/c1-13(2)18-22-19(26-23-18)15-5-4-9-24(10-7-17(25)20-8-6-15)11-16-14(3)21-12-27-16/h12-13,15H,4-11H2,1-3H3,(H,20,25). The fourth-order valence-corrected chi connectivity index (χ4v) is 4.10. The molecule has 2 aromatic rings. The van der Waals surface area contributed by atoms with Crippen molar-refractivity contribution in [2.75, 3.05) is 19.6 Å². The minimum absolute atomic E-state index is 0.107. The van der Waals surface area contributed by atoms with E-state index >= 15 is 0 Å². The second-order valence-corrected chi connectivity index (χ2v) is 8.45. The Morgan fingerprint density at radius 2 is 2.22 bits per heavy atom. The Morgan fingerprint density at radius 1 is 1.37 bits per heavy atom. The molecule has 1 aliphatic heterocycles. The van der Waals surface area contributed by atoms with Crippen molar-refractivity contribution >= 4 is 17.2 Å². The number of carbonyl (C=O) groups excluding carboxylic acids is 1. The van der Waals surface area contributed by atoms with Crippen molar-refractivity contribution < 1.29 is 9.32 Å². The molecule has 2 aromatic heterocycles. The normalized spacial score (nSPS) is 20.4.